The summed E-state index contributed by atoms with van der Waals surface area (Å²) in [5, 5.41) is 4.26. The molecule has 0 N–H and O–H groups in total. The second kappa shape index (κ2) is 16.8. The monoisotopic (exact) mass is 835 g/mol. The van der Waals surface area contributed by atoms with Crippen molar-refractivity contribution in [2.75, 3.05) is 0 Å². The highest BCUT2D eigenvalue weighted by molar-refractivity contribution is 6.79. The number of rotatable bonds is 16. The molecule has 0 saturated carbocycles. The van der Waals surface area contributed by atoms with E-state index in [0.29, 0.717) is 33.2 Å². The van der Waals surface area contributed by atoms with Crippen molar-refractivity contribution in [1.29, 1.82) is 0 Å². The van der Waals surface area contributed by atoms with Gasteiger partial charge in [0.05, 0.1) is 0 Å². The maximum Gasteiger partial charge on any atom is 0.258 e. The van der Waals surface area contributed by atoms with E-state index >= 15 is 0 Å². The van der Waals surface area contributed by atoms with Crippen molar-refractivity contribution in [3.63, 3.8) is 0 Å². The molecule has 0 bridgehead atoms. The fourth-order valence-electron chi connectivity index (χ4n) is 8.79. The highest BCUT2D eigenvalue weighted by atomic mass is 28.4. The van der Waals surface area contributed by atoms with Crippen molar-refractivity contribution in [2.45, 2.75) is 194 Å². The Balaban J connectivity index is 2.55. The van der Waals surface area contributed by atoms with Gasteiger partial charge >= 0.3 is 0 Å². The van der Waals surface area contributed by atoms with E-state index in [0.717, 1.165) is 55.7 Å². The Kier molecular flexibility index (Phi) is 14.4. The molecule has 0 aliphatic heterocycles. The summed E-state index contributed by atoms with van der Waals surface area (Å²) in [6, 6.07) is 13.4. The normalized spacial score (nSPS) is 13.9. The van der Waals surface area contributed by atoms with Crippen LogP contribution in [-0.4, -0.2) is 33.3 Å². The predicted molar refractivity (Wildman–Crippen MR) is 259 cm³/mol. The smallest absolute Gasteiger partial charge is 0.258 e. The van der Waals surface area contributed by atoms with Crippen molar-refractivity contribution < 1.29 is 17.7 Å². The van der Waals surface area contributed by atoms with E-state index in [2.05, 4.69) is 200 Å². The molecular formula is C48H82O4Si4. The van der Waals surface area contributed by atoms with Crippen LogP contribution in [0.15, 0.2) is 49.6 Å². The van der Waals surface area contributed by atoms with Crippen LogP contribution < -0.4 is 8.85 Å². The van der Waals surface area contributed by atoms with Gasteiger partial charge in [-0.25, -0.2) is 0 Å². The van der Waals surface area contributed by atoms with Crippen LogP contribution in [0.25, 0.3) is 33.1 Å². The van der Waals surface area contributed by atoms with Gasteiger partial charge in [-0.1, -0.05) is 150 Å². The van der Waals surface area contributed by atoms with Gasteiger partial charge in [0.25, 0.3) is 33.3 Å². The predicted octanol–water partition coefficient (Wildman–Crippen LogP) is 17.1. The zero-order valence-corrected chi connectivity index (χ0v) is 44.0. The number of benzene rings is 3. The lowest BCUT2D eigenvalue weighted by molar-refractivity contribution is 0.445. The summed E-state index contributed by atoms with van der Waals surface area (Å²) in [6.07, 6.45) is 0. The molecule has 0 spiro atoms. The van der Waals surface area contributed by atoms with E-state index in [9.17, 15) is 0 Å². The van der Waals surface area contributed by atoms with Gasteiger partial charge in [0.1, 0.15) is 11.5 Å². The molecule has 3 rings (SSSR count). The Morgan fingerprint density at radius 3 is 0.911 bits per heavy atom. The van der Waals surface area contributed by atoms with Crippen LogP contribution in [0.4, 0.5) is 0 Å². The minimum Gasteiger partial charge on any atom is -0.543 e. The highest BCUT2D eigenvalue weighted by Gasteiger charge is 2.49. The molecule has 0 heterocycles. The van der Waals surface area contributed by atoms with Gasteiger partial charge in [-0.2, -0.15) is 0 Å². The third-order valence-electron chi connectivity index (χ3n) is 14.0. The van der Waals surface area contributed by atoms with Crippen LogP contribution in [0.2, 0.25) is 69.5 Å². The largest absolute Gasteiger partial charge is 0.543 e. The SMILES string of the molecule is C=C(O[Si](C(C)C)(C(C)C)C(C)C)c1ccc2c(O[Si](C)(C)C(C)(C)C)c(O[Si](C)(C)C(C)(C)C)c3ccc(C(=C)O[Si](C(C)C)(C(C)C)C(C)C)cc3c2c1. The summed E-state index contributed by atoms with van der Waals surface area (Å²) >= 11 is 0. The Morgan fingerprint density at radius 2 is 0.696 bits per heavy atom. The van der Waals surface area contributed by atoms with Gasteiger partial charge < -0.3 is 17.7 Å². The summed E-state index contributed by atoms with van der Waals surface area (Å²) < 4.78 is 29.3. The van der Waals surface area contributed by atoms with Crippen molar-refractivity contribution in [3.05, 3.63) is 60.7 Å². The maximum atomic E-state index is 7.43. The van der Waals surface area contributed by atoms with Crippen LogP contribution in [0.5, 0.6) is 11.5 Å². The van der Waals surface area contributed by atoms with Gasteiger partial charge in [-0.3, -0.25) is 0 Å². The lowest BCUT2D eigenvalue weighted by atomic mass is 9.96. The fraction of sp³-hybridized carbons (Fsp3) is 0.625. The Bertz CT molecular complexity index is 1710. The highest BCUT2D eigenvalue weighted by Crippen LogP contribution is 2.52. The van der Waals surface area contributed by atoms with Crippen LogP contribution >= 0.6 is 0 Å². The van der Waals surface area contributed by atoms with Gasteiger partial charge in [0, 0.05) is 21.9 Å². The van der Waals surface area contributed by atoms with Crippen molar-refractivity contribution in [2.24, 2.45) is 0 Å². The molecule has 0 fully saturated rings. The lowest BCUT2D eigenvalue weighted by Gasteiger charge is -2.43. The topological polar surface area (TPSA) is 36.9 Å². The Labute approximate surface area is 348 Å². The van der Waals surface area contributed by atoms with E-state index in [1.54, 1.807) is 0 Å². The molecule has 314 valence electrons. The zero-order chi connectivity index (χ0) is 43.3. The first-order chi connectivity index (χ1) is 25.3. The van der Waals surface area contributed by atoms with Gasteiger partial charge in [0.2, 0.25) is 0 Å². The maximum absolute atomic E-state index is 7.43. The Morgan fingerprint density at radius 1 is 0.446 bits per heavy atom. The third kappa shape index (κ3) is 8.98. The Hall–Kier alpha value is -2.27. The fourth-order valence-corrected chi connectivity index (χ4v) is 21.3. The van der Waals surface area contributed by atoms with Crippen LogP contribution in [0.1, 0.15) is 136 Å². The van der Waals surface area contributed by atoms with Gasteiger partial charge in [-0.05, 0) is 105 Å². The molecule has 8 heteroatoms. The molecule has 0 unspecified atom stereocenters. The molecule has 0 atom stereocenters. The summed E-state index contributed by atoms with van der Waals surface area (Å²) in [7, 11) is -9.14. The van der Waals surface area contributed by atoms with Crippen LogP contribution in [0, 0.1) is 0 Å². The number of hydrogen-bond acceptors (Lipinski definition) is 4. The first kappa shape index (κ1) is 48.1. The van der Waals surface area contributed by atoms with E-state index in [4.69, 9.17) is 17.7 Å². The number of hydrogen-bond donors (Lipinski definition) is 0. The standard InChI is InChI=1S/C48H82O4Si4/c1-31(2)55(32(3)4,33(5)6)49-37(13)39-25-27-41-43(29-39)44-30-40(38(14)50-56(34(7)8,35(9)10)36(11)12)26-28-42(44)46(52-54(23,24)48(18,19)20)45(41)51-53(21,22)47(15,16)17/h25-36H,13-14H2,1-12,15-24H3. The lowest BCUT2D eigenvalue weighted by Crippen LogP contribution is -2.47. The third-order valence-corrected chi connectivity index (χ3v) is 34.7. The second-order valence-corrected chi connectivity index (χ2v) is 41.8. The summed E-state index contributed by atoms with van der Waals surface area (Å²) in [5.41, 5.74) is 4.62. The van der Waals surface area contributed by atoms with Crippen LogP contribution in [0.3, 0.4) is 0 Å². The van der Waals surface area contributed by atoms with Crippen molar-refractivity contribution in [3.8, 4) is 11.5 Å². The average Bonchev–Trinajstić information content (AvgIpc) is 3.04. The summed E-state index contributed by atoms with van der Waals surface area (Å²) in [5.74, 6) is 3.21. The molecule has 3 aromatic rings. The molecule has 0 radical (unpaired) electrons. The number of fused-ring (bicyclic) bond motifs is 3. The molecule has 0 saturated heterocycles. The quantitative estimate of drug-likeness (QED) is 0.0818. The zero-order valence-electron chi connectivity index (χ0n) is 40.0. The molecule has 4 nitrogen and oxygen atoms in total. The van der Waals surface area contributed by atoms with Crippen molar-refractivity contribution >= 4 is 66.3 Å². The molecule has 3 aromatic carbocycles. The summed E-state index contributed by atoms with van der Waals surface area (Å²) in [4.78, 5) is 0. The average molecular weight is 836 g/mol. The molecule has 0 aliphatic rings. The van der Waals surface area contributed by atoms with E-state index < -0.39 is 33.3 Å². The minimum atomic E-state index is -2.33. The van der Waals surface area contributed by atoms with Gasteiger partial charge in [-0.15, -0.1) is 0 Å². The molecule has 0 aliphatic carbocycles. The van der Waals surface area contributed by atoms with Crippen LogP contribution in [-0.2, 0) is 8.85 Å². The molecule has 56 heavy (non-hydrogen) atoms. The molecular weight excluding hydrogens is 753 g/mol. The van der Waals surface area contributed by atoms with Gasteiger partial charge in [0.15, 0.2) is 11.5 Å². The van der Waals surface area contributed by atoms with E-state index in [-0.39, 0.29) is 10.1 Å². The second-order valence-electron chi connectivity index (χ2n) is 21.6. The summed E-state index contributed by atoms with van der Waals surface area (Å²) in [6.45, 7) is 60.3. The van der Waals surface area contributed by atoms with Crippen molar-refractivity contribution in [1.82, 2.24) is 0 Å². The van der Waals surface area contributed by atoms with E-state index in [1.165, 1.54) is 0 Å². The molecule has 0 amide bonds. The first-order valence-corrected chi connectivity index (χ1v) is 31.6. The first-order valence-electron chi connectivity index (χ1n) is 21.5. The molecule has 0 aromatic heterocycles. The minimum absolute atomic E-state index is 0.0122. The van der Waals surface area contributed by atoms with E-state index in [1.807, 2.05) is 0 Å².